The number of aromatic nitrogens is 3. The van der Waals surface area contributed by atoms with Crippen molar-refractivity contribution in [1.29, 1.82) is 0 Å². The summed E-state index contributed by atoms with van der Waals surface area (Å²) in [5, 5.41) is 0.917. The molecule has 0 spiro atoms. The van der Waals surface area contributed by atoms with Gasteiger partial charge in [-0.15, -0.1) is 0 Å². The van der Waals surface area contributed by atoms with Crippen molar-refractivity contribution in [2.24, 2.45) is 0 Å². The Hall–Kier alpha value is -2.23. The van der Waals surface area contributed by atoms with E-state index in [0.29, 0.717) is 0 Å². The fourth-order valence-corrected chi connectivity index (χ4v) is 1.66. The van der Waals surface area contributed by atoms with E-state index in [0.717, 1.165) is 21.9 Å². The summed E-state index contributed by atoms with van der Waals surface area (Å²) in [5.41, 5.74) is 2.18. The van der Waals surface area contributed by atoms with Crippen LogP contribution in [0.15, 0.2) is 41.5 Å². The summed E-state index contributed by atoms with van der Waals surface area (Å²) in [7, 11) is 0. The monoisotopic (exact) mass is 197 g/mol. The Morgan fingerprint density at radius 3 is 2.87 bits per heavy atom. The van der Waals surface area contributed by atoms with Crippen LogP contribution in [-0.4, -0.2) is 15.0 Å². The Morgan fingerprint density at radius 1 is 1.07 bits per heavy atom. The fraction of sp³-hybridized carbons (Fsp3) is 0. The predicted molar refractivity (Wildman–Crippen MR) is 57.7 cm³/mol. The summed E-state index contributed by atoms with van der Waals surface area (Å²) in [5.74, 6) is 0. The highest BCUT2D eigenvalue weighted by molar-refractivity contribution is 6.01. The first-order chi connectivity index (χ1) is 7.34. The Bertz CT molecular complexity index is 703. The quantitative estimate of drug-likeness (QED) is 0.555. The molecule has 4 nitrogen and oxygen atoms in total. The summed E-state index contributed by atoms with van der Waals surface area (Å²) >= 11 is 0. The van der Waals surface area contributed by atoms with Gasteiger partial charge in [-0.2, -0.15) is 0 Å². The van der Waals surface area contributed by atoms with Crippen molar-refractivity contribution in [2.75, 3.05) is 0 Å². The molecule has 0 amide bonds. The SMILES string of the molecule is O=c1cnc2ccc3ncccc3c2[nH]1. The minimum Gasteiger partial charge on any atom is -0.319 e. The lowest BCUT2D eigenvalue weighted by Gasteiger charge is -2.00. The van der Waals surface area contributed by atoms with E-state index in [1.807, 2.05) is 24.3 Å². The van der Waals surface area contributed by atoms with Crippen LogP contribution in [0.3, 0.4) is 0 Å². The standard InChI is InChI=1S/C11H7N3O/c15-10-6-13-9-4-3-8-7(11(9)14-10)2-1-5-12-8/h1-6H,(H,14,15). The highest BCUT2D eigenvalue weighted by Crippen LogP contribution is 2.18. The summed E-state index contributed by atoms with van der Waals surface area (Å²) < 4.78 is 0. The van der Waals surface area contributed by atoms with Crippen LogP contribution in [0.25, 0.3) is 21.9 Å². The number of fused-ring (bicyclic) bond motifs is 3. The van der Waals surface area contributed by atoms with E-state index in [9.17, 15) is 4.79 Å². The van der Waals surface area contributed by atoms with Crippen LogP contribution in [0.5, 0.6) is 0 Å². The molecule has 3 rings (SSSR count). The molecular weight excluding hydrogens is 190 g/mol. The van der Waals surface area contributed by atoms with Gasteiger partial charge < -0.3 is 4.98 Å². The maximum Gasteiger partial charge on any atom is 0.266 e. The zero-order valence-corrected chi connectivity index (χ0v) is 7.77. The van der Waals surface area contributed by atoms with Crippen LogP contribution >= 0.6 is 0 Å². The van der Waals surface area contributed by atoms with Crippen molar-refractivity contribution in [3.63, 3.8) is 0 Å². The van der Waals surface area contributed by atoms with Crippen molar-refractivity contribution in [1.82, 2.24) is 15.0 Å². The molecule has 1 aromatic carbocycles. The number of benzene rings is 1. The first-order valence-electron chi connectivity index (χ1n) is 4.57. The lowest BCUT2D eigenvalue weighted by atomic mass is 10.2. The normalized spacial score (nSPS) is 10.9. The number of rotatable bonds is 0. The molecule has 72 valence electrons. The lowest BCUT2D eigenvalue weighted by molar-refractivity contribution is 1.22. The average molecular weight is 197 g/mol. The second-order valence-corrected chi connectivity index (χ2v) is 3.28. The summed E-state index contributed by atoms with van der Waals surface area (Å²) in [6.07, 6.45) is 3.01. The second kappa shape index (κ2) is 2.88. The number of H-pyrrole nitrogens is 1. The summed E-state index contributed by atoms with van der Waals surface area (Å²) in [6, 6.07) is 7.50. The molecule has 0 unspecified atom stereocenters. The van der Waals surface area contributed by atoms with Gasteiger partial charge in [-0.1, -0.05) is 0 Å². The highest BCUT2D eigenvalue weighted by atomic mass is 16.1. The second-order valence-electron chi connectivity index (χ2n) is 3.28. The molecule has 0 aliphatic rings. The maximum absolute atomic E-state index is 11.2. The Labute approximate surface area is 84.6 Å². The molecule has 15 heavy (non-hydrogen) atoms. The zero-order chi connectivity index (χ0) is 10.3. The van der Waals surface area contributed by atoms with Crippen molar-refractivity contribution in [2.45, 2.75) is 0 Å². The van der Waals surface area contributed by atoms with E-state index in [2.05, 4.69) is 15.0 Å². The molecule has 4 heteroatoms. The molecule has 0 aliphatic carbocycles. The molecular formula is C11H7N3O. The van der Waals surface area contributed by atoms with Gasteiger partial charge in [0.25, 0.3) is 5.56 Å². The van der Waals surface area contributed by atoms with Gasteiger partial charge in [0, 0.05) is 11.6 Å². The topological polar surface area (TPSA) is 58.6 Å². The Kier molecular flexibility index (Phi) is 1.56. The van der Waals surface area contributed by atoms with Gasteiger partial charge in [0.15, 0.2) is 0 Å². The minimum absolute atomic E-state index is 0.196. The molecule has 1 N–H and O–H groups in total. The van der Waals surface area contributed by atoms with Gasteiger partial charge in [0.05, 0.1) is 22.7 Å². The third-order valence-corrected chi connectivity index (χ3v) is 2.33. The van der Waals surface area contributed by atoms with Crippen molar-refractivity contribution < 1.29 is 0 Å². The van der Waals surface area contributed by atoms with E-state index in [4.69, 9.17) is 0 Å². The van der Waals surface area contributed by atoms with Gasteiger partial charge in [-0.05, 0) is 24.3 Å². The molecule has 3 aromatic rings. The van der Waals surface area contributed by atoms with Crippen molar-refractivity contribution in [3.05, 3.63) is 47.0 Å². The number of hydrogen-bond donors (Lipinski definition) is 1. The van der Waals surface area contributed by atoms with E-state index < -0.39 is 0 Å². The predicted octanol–water partition coefficient (Wildman–Crippen LogP) is 1.47. The third kappa shape index (κ3) is 1.19. The number of aromatic amines is 1. The van der Waals surface area contributed by atoms with Crippen LogP contribution in [0.4, 0.5) is 0 Å². The van der Waals surface area contributed by atoms with Gasteiger partial charge in [0.2, 0.25) is 0 Å². The van der Waals surface area contributed by atoms with Crippen LogP contribution < -0.4 is 5.56 Å². The van der Waals surface area contributed by atoms with Gasteiger partial charge in [-0.25, -0.2) is 4.98 Å². The molecule has 0 radical (unpaired) electrons. The first kappa shape index (κ1) is 8.11. The Balaban J connectivity index is 2.63. The fourth-order valence-electron chi connectivity index (χ4n) is 1.66. The summed E-state index contributed by atoms with van der Waals surface area (Å²) in [4.78, 5) is 22.2. The number of pyridine rings is 1. The van der Waals surface area contributed by atoms with Crippen LogP contribution in [-0.2, 0) is 0 Å². The van der Waals surface area contributed by atoms with E-state index in [1.165, 1.54) is 6.20 Å². The average Bonchev–Trinajstić information content (AvgIpc) is 2.29. The third-order valence-electron chi connectivity index (χ3n) is 2.33. The summed E-state index contributed by atoms with van der Waals surface area (Å²) in [6.45, 7) is 0. The Morgan fingerprint density at radius 2 is 1.93 bits per heavy atom. The van der Waals surface area contributed by atoms with Crippen LogP contribution in [0, 0.1) is 0 Å². The van der Waals surface area contributed by atoms with Gasteiger partial charge in [-0.3, -0.25) is 9.78 Å². The maximum atomic E-state index is 11.2. The molecule has 0 saturated heterocycles. The largest absolute Gasteiger partial charge is 0.319 e. The highest BCUT2D eigenvalue weighted by Gasteiger charge is 2.01. The molecule has 2 heterocycles. The number of nitrogens with zero attached hydrogens (tertiary/aromatic N) is 2. The molecule has 0 fully saturated rings. The smallest absolute Gasteiger partial charge is 0.266 e. The minimum atomic E-state index is -0.196. The molecule has 2 aromatic heterocycles. The van der Waals surface area contributed by atoms with Gasteiger partial charge in [0.1, 0.15) is 0 Å². The van der Waals surface area contributed by atoms with Crippen molar-refractivity contribution >= 4 is 21.9 Å². The number of hydrogen-bond acceptors (Lipinski definition) is 3. The van der Waals surface area contributed by atoms with E-state index >= 15 is 0 Å². The molecule has 0 bridgehead atoms. The molecule has 0 saturated carbocycles. The first-order valence-corrected chi connectivity index (χ1v) is 4.57. The van der Waals surface area contributed by atoms with Crippen molar-refractivity contribution in [3.8, 4) is 0 Å². The van der Waals surface area contributed by atoms with E-state index in [1.54, 1.807) is 6.20 Å². The van der Waals surface area contributed by atoms with Gasteiger partial charge >= 0.3 is 0 Å². The number of nitrogens with one attached hydrogen (secondary N) is 1. The van der Waals surface area contributed by atoms with Crippen LogP contribution in [0.2, 0.25) is 0 Å². The lowest BCUT2D eigenvalue weighted by Crippen LogP contribution is -2.05. The molecule has 0 atom stereocenters. The van der Waals surface area contributed by atoms with Crippen LogP contribution in [0.1, 0.15) is 0 Å². The molecule has 0 aliphatic heterocycles. The van der Waals surface area contributed by atoms with E-state index in [-0.39, 0.29) is 5.56 Å². The zero-order valence-electron chi connectivity index (χ0n) is 7.77.